The molecule has 0 radical (unpaired) electrons. The van der Waals surface area contributed by atoms with Crippen molar-refractivity contribution in [2.45, 2.75) is 32.1 Å². The predicted molar refractivity (Wildman–Crippen MR) is 43.1 cm³/mol. The Morgan fingerprint density at radius 2 is 1.00 bits per heavy atom. The molecule has 0 aromatic carbocycles. The number of ketones is 4. The fraction of sp³-hybridized carbons (Fsp3) is 0.556. The molecule has 0 N–H and O–H groups in total. The van der Waals surface area contributed by atoms with Gasteiger partial charge in [-0.25, -0.2) is 0 Å². The average molecular weight is 182 g/mol. The highest BCUT2D eigenvalue weighted by molar-refractivity contribution is 6.48. The van der Waals surface area contributed by atoms with Crippen LogP contribution in [-0.2, 0) is 19.2 Å². The van der Waals surface area contributed by atoms with Gasteiger partial charge in [0.05, 0.1) is 6.42 Å². The molecule has 1 rings (SSSR count). The van der Waals surface area contributed by atoms with Crippen LogP contribution in [0.2, 0.25) is 0 Å². The van der Waals surface area contributed by atoms with Gasteiger partial charge in [0, 0.05) is 12.8 Å². The average Bonchev–Trinajstić information content (AvgIpc) is 2.13. The maximum Gasteiger partial charge on any atom is 0.206 e. The van der Waals surface area contributed by atoms with Crippen molar-refractivity contribution in [1.29, 1.82) is 0 Å². The molecule has 0 atom stereocenters. The van der Waals surface area contributed by atoms with Crippen molar-refractivity contribution in [2.75, 3.05) is 0 Å². The van der Waals surface area contributed by atoms with Crippen LogP contribution in [0.4, 0.5) is 0 Å². The van der Waals surface area contributed by atoms with Gasteiger partial charge in [0.25, 0.3) is 0 Å². The molecule has 0 heterocycles. The summed E-state index contributed by atoms with van der Waals surface area (Å²) in [6.07, 6.45) is 0.837. The van der Waals surface area contributed by atoms with Gasteiger partial charge in [-0.1, -0.05) is 0 Å². The first-order valence-electron chi connectivity index (χ1n) is 4.23. The first-order valence-corrected chi connectivity index (χ1v) is 4.23. The van der Waals surface area contributed by atoms with Gasteiger partial charge in [0.15, 0.2) is 11.6 Å². The SMILES string of the molecule is O=C1CCCCC(=O)C(=O)CC1=O. The number of hydrogen-bond acceptors (Lipinski definition) is 4. The molecule has 4 heteroatoms. The van der Waals surface area contributed by atoms with Crippen LogP contribution in [0.1, 0.15) is 32.1 Å². The summed E-state index contributed by atoms with van der Waals surface area (Å²) in [5.41, 5.74) is 0. The van der Waals surface area contributed by atoms with Crippen molar-refractivity contribution in [2.24, 2.45) is 0 Å². The summed E-state index contributed by atoms with van der Waals surface area (Å²) >= 11 is 0. The lowest BCUT2D eigenvalue weighted by Crippen LogP contribution is -2.21. The van der Waals surface area contributed by atoms with Gasteiger partial charge >= 0.3 is 0 Å². The van der Waals surface area contributed by atoms with Crippen molar-refractivity contribution < 1.29 is 19.2 Å². The molecular weight excluding hydrogens is 172 g/mol. The first-order chi connectivity index (χ1) is 6.11. The molecule has 0 aliphatic heterocycles. The van der Waals surface area contributed by atoms with E-state index in [0.717, 1.165) is 0 Å². The van der Waals surface area contributed by atoms with Gasteiger partial charge in [-0.05, 0) is 12.8 Å². The summed E-state index contributed by atoms with van der Waals surface area (Å²) in [7, 11) is 0. The fourth-order valence-electron chi connectivity index (χ4n) is 1.19. The van der Waals surface area contributed by atoms with E-state index in [-0.39, 0.29) is 12.8 Å². The van der Waals surface area contributed by atoms with Crippen LogP contribution in [-0.4, -0.2) is 23.1 Å². The first kappa shape index (κ1) is 9.77. The molecule has 0 bridgehead atoms. The summed E-state index contributed by atoms with van der Waals surface area (Å²) < 4.78 is 0. The summed E-state index contributed by atoms with van der Waals surface area (Å²) in [5.74, 6) is -2.49. The van der Waals surface area contributed by atoms with Crippen molar-refractivity contribution in [3.63, 3.8) is 0 Å². The lowest BCUT2D eigenvalue weighted by Gasteiger charge is -1.93. The van der Waals surface area contributed by atoms with E-state index in [1.54, 1.807) is 0 Å². The molecule has 0 spiro atoms. The summed E-state index contributed by atoms with van der Waals surface area (Å²) in [5, 5.41) is 0. The lowest BCUT2D eigenvalue weighted by molar-refractivity contribution is -0.142. The van der Waals surface area contributed by atoms with Crippen molar-refractivity contribution in [3.05, 3.63) is 0 Å². The van der Waals surface area contributed by atoms with Crippen LogP contribution in [0.5, 0.6) is 0 Å². The van der Waals surface area contributed by atoms with Crippen LogP contribution in [0.15, 0.2) is 0 Å². The van der Waals surface area contributed by atoms with E-state index in [1.807, 2.05) is 0 Å². The molecule has 70 valence electrons. The Bertz CT molecular complexity index is 249. The Labute approximate surface area is 75.3 Å². The van der Waals surface area contributed by atoms with E-state index < -0.39 is 29.6 Å². The van der Waals surface area contributed by atoms with Gasteiger partial charge in [-0.2, -0.15) is 0 Å². The molecule has 1 fully saturated rings. The standard InChI is InChI=1S/C9H10O4/c10-6-3-1-2-4-7(11)9(13)5-8(6)12/h1-5H2. The molecule has 1 aliphatic rings. The Kier molecular flexibility index (Phi) is 3.06. The minimum absolute atomic E-state index is 0.166. The molecule has 1 aliphatic carbocycles. The number of carbonyl (C=O) groups excluding carboxylic acids is 4. The number of hydrogen-bond donors (Lipinski definition) is 0. The number of Topliss-reactive ketones (excluding diaryl/α,β-unsaturated/α-hetero) is 4. The molecule has 0 unspecified atom stereocenters. The molecule has 0 aromatic heterocycles. The normalized spacial score (nSPS) is 20.9. The summed E-state index contributed by atoms with van der Waals surface area (Å²) in [6, 6.07) is 0. The van der Waals surface area contributed by atoms with E-state index >= 15 is 0 Å². The third-order valence-electron chi connectivity index (χ3n) is 2.00. The molecular formula is C9H10O4. The van der Waals surface area contributed by atoms with Crippen LogP contribution in [0.25, 0.3) is 0 Å². The monoisotopic (exact) mass is 182 g/mol. The maximum atomic E-state index is 11.0. The number of carbonyl (C=O) groups is 4. The topological polar surface area (TPSA) is 68.3 Å². The summed E-state index contributed by atoms with van der Waals surface area (Å²) in [6.45, 7) is 0. The molecule has 4 nitrogen and oxygen atoms in total. The van der Waals surface area contributed by atoms with Crippen LogP contribution < -0.4 is 0 Å². The lowest BCUT2D eigenvalue weighted by atomic mass is 10.1. The molecule has 13 heavy (non-hydrogen) atoms. The molecule has 0 aromatic rings. The number of rotatable bonds is 0. The summed E-state index contributed by atoms with van der Waals surface area (Å²) in [4.78, 5) is 43.8. The van der Waals surface area contributed by atoms with Gasteiger partial charge in [0.2, 0.25) is 11.6 Å². The van der Waals surface area contributed by atoms with Crippen LogP contribution in [0, 0.1) is 0 Å². The van der Waals surface area contributed by atoms with Gasteiger partial charge < -0.3 is 0 Å². The van der Waals surface area contributed by atoms with Crippen molar-refractivity contribution in [1.82, 2.24) is 0 Å². The zero-order valence-electron chi connectivity index (χ0n) is 7.17. The zero-order valence-corrected chi connectivity index (χ0v) is 7.17. The minimum Gasteiger partial charge on any atom is -0.291 e. The third-order valence-corrected chi connectivity index (χ3v) is 2.00. The van der Waals surface area contributed by atoms with E-state index in [2.05, 4.69) is 0 Å². The third kappa shape index (κ3) is 2.57. The molecule has 0 saturated heterocycles. The highest BCUT2D eigenvalue weighted by Gasteiger charge is 2.23. The quantitative estimate of drug-likeness (QED) is 0.397. The van der Waals surface area contributed by atoms with E-state index in [9.17, 15) is 19.2 Å². The Balaban J connectivity index is 2.73. The molecule has 1 saturated carbocycles. The highest BCUT2D eigenvalue weighted by Crippen LogP contribution is 2.07. The van der Waals surface area contributed by atoms with Gasteiger partial charge in [0.1, 0.15) is 0 Å². The maximum absolute atomic E-state index is 11.0. The van der Waals surface area contributed by atoms with Crippen LogP contribution >= 0.6 is 0 Å². The van der Waals surface area contributed by atoms with E-state index in [0.29, 0.717) is 12.8 Å². The second kappa shape index (κ2) is 4.07. The minimum atomic E-state index is -0.722. The van der Waals surface area contributed by atoms with Gasteiger partial charge in [-0.15, -0.1) is 0 Å². The second-order valence-corrected chi connectivity index (χ2v) is 3.08. The predicted octanol–water partition coefficient (Wildman–Crippen LogP) is 0.227. The van der Waals surface area contributed by atoms with E-state index in [4.69, 9.17) is 0 Å². The van der Waals surface area contributed by atoms with E-state index in [1.165, 1.54) is 0 Å². The smallest absolute Gasteiger partial charge is 0.206 e. The fourth-order valence-corrected chi connectivity index (χ4v) is 1.19. The highest BCUT2D eigenvalue weighted by atomic mass is 16.2. The largest absolute Gasteiger partial charge is 0.291 e. The van der Waals surface area contributed by atoms with Crippen molar-refractivity contribution >= 4 is 23.1 Å². The second-order valence-electron chi connectivity index (χ2n) is 3.08. The molecule has 0 amide bonds. The zero-order chi connectivity index (χ0) is 9.84. The Morgan fingerprint density at radius 1 is 0.615 bits per heavy atom. The van der Waals surface area contributed by atoms with Gasteiger partial charge in [-0.3, -0.25) is 19.2 Å². The Morgan fingerprint density at radius 3 is 1.38 bits per heavy atom. The van der Waals surface area contributed by atoms with Crippen LogP contribution in [0.3, 0.4) is 0 Å². The Hall–Kier alpha value is -1.32. The van der Waals surface area contributed by atoms with Crippen molar-refractivity contribution in [3.8, 4) is 0 Å².